The number of nitrogens with one attached hydrogen (secondary N) is 1. The number of hydrogen-bond acceptors (Lipinski definition) is 2. The molecule has 0 atom stereocenters. The number of fused-ring (bicyclic) bond motifs is 1. The van der Waals surface area contributed by atoms with Crippen LogP contribution in [0.25, 0.3) is 10.8 Å². The lowest BCUT2D eigenvalue weighted by Crippen LogP contribution is -2.29. The summed E-state index contributed by atoms with van der Waals surface area (Å²) in [4.78, 5) is 15.0. The monoisotopic (exact) mass is 484 g/mol. The van der Waals surface area contributed by atoms with E-state index in [1.165, 1.54) is 32.7 Å². The van der Waals surface area contributed by atoms with Crippen molar-refractivity contribution in [3.8, 4) is 0 Å². The second-order valence-electron chi connectivity index (χ2n) is 7.60. The fraction of sp³-hybridized carbons (Fsp3) is 0.292. The Morgan fingerprint density at radius 2 is 1.89 bits per heavy atom. The third kappa shape index (κ3) is 4.73. The van der Waals surface area contributed by atoms with Crippen molar-refractivity contribution >= 4 is 45.0 Å². The number of carbonyl (C=O) groups excluding carboxylic acids is 1. The van der Waals surface area contributed by atoms with Crippen molar-refractivity contribution < 1.29 is 4.79 Å². The molecule has 0 heterocycles. The minimum absolute atomic E-state index is 0.0906. The van der Waals surface area contributed by atoms with E-state index in [2.05, 4.69) is 81.3 Å². The van der Waals surface area contributed by atoms with Gasteiger partial charge in [-0.15, -0.1) is 0 Å². The highest BCUT2D eigenvalue weighted by Crippen LogP contribution is 2.30. The predicted octanol–water partition coefficient (Wildman–Crippen LogP) is 5.75. The molecule has 1 aliphatic rings. The quantitative estimate of drug-likeness (QED) is 0.434. The molecule has 1 amide bonds. The smallest absolute Gasteiger partial charge is 0.225 e. The van der Waals surface area contributed by atoms with Crippen LogP contribution in [0.4, 0.5) is 5.69 Å². The average Bonchev–Trinajstić information content (AvgIpc) is 3.53. The van der Waals surface area contributed by atoms with Crippen molar-refractivity contribution in [2.75, 3.05) is 11.9 Å². The highest BCUT2D eigenvalue weighted by Gasteiger charge is 2.29. The van der Waals surface area contributed by atoms with Crippen molar-refractivity contribution in [2.45, 2.75) is 38.8 Å². The van der Waals surface area contributed by atoms with Gasteiger partial charge < -0.3 is 5.32 Å². The SMILES string of the molecule is Cc1cc(I)ccc1NC(=O)CCN(Cc1cccc2ccccc12)C1CC1. The Balaban J connectivity index is 1.41. The molecular weight excluding hydrogens is 459 g/mol. The molecule has 0 spiro atoms. The molecule has 0 radical (unpaired) electrons. The predicted molar refractivity (Wildman–Crippen MR) is 125 cm³/mol. The fourth-order valence-corrected chi connectivity index (χ4v) is 4.35. The van der Waals surface area contributed by atoms with Crippen molar-refractivity contribution in [3.05, 3.63) is 75.4 Å². The van der Waals surface area contributed by atoms with Gasteiger partial charge in [-0.25, -0.2) is 0 Å². The second kappa shape index (κ2) is 8.62. The van der Waals surface area contributed by atoms with Gasteiger partial charge in [-0.05, 0) is 82.5 Å². The zero-order valence-electron chi connectivity index (χ0n) is 16.1. The highest BCUT2D eigenvalue weighted by atomic mass is 127. The molecule has 0 saturated heterocycles. The summed E-state index contributed by atoms with van der Waals surface area (Å²) in [6.45, 7) is 3.74. The maximum Gasteiger partial charge on any atom is 0.225 e. The van der Waals surface area contributed by atoms with Crippen LogP contribution in [0.1, 0.15) is 30.4 Å². The Hall–Kier alpha value is -1.92. The first-order valence-electron chi connectivity index (χ1n) is 9.87. The molecule has 0 bridgehead atoms. The van der Waals surface area contributed by atoms with Gasteiger partial charge in [0.1, 0.15) is 0 Å². The van der Waals surface area contributed by atoms with Gasteiger partial charge in [0.25, 0.3) is 0 Å². The Morgan fingerprint density at radius 1 is 1.11 bits per heavy atom. The number of rotatable bonds is 7. The average molecular weight is 484 g/mol. The van der Waals surface area contributed by atoms with E-state index in [0.29, 0.717) is 12.5 Å². The number of anilines is 1. The molecule has 0 unspecified atom stereocenters. The van der Waals surface area contributed by atoms with Gasteiger partial charge in [0.15, 0.2) is 0 Å². The molecule has 4 heteroatoms. The van der Waals surface area contributed by atoms with Crippen molar-refractivity contribution in [3.63, 3.8) is 0 Å². The molecule has 3 nitrogen and oxygen atoms in total. The molecule has 4 rings (SSSR count). The number of hydrogen-bond donors (Lipinski definition) is 1. The largest absolute Gasteiger partial charge is 0.326 e. The summed E-state index contributed by atoms with van der Waals surface area (Å²) in [6.07, 6.45) is 3.00. The summed E-state index contributed by atoms with van der Waals surface area (Å²) < 4.78 is 1.18. The Morgan fingerprint density at radius 3 is 2.68 bits per heavy atom. The topological polar surface area (TPSA) is 32.3 Å². The zero-order valence-corrected chi connectivity index (χ0v) is 18.3. The first-order chi connectivity index (χ1) is 13.6. The summed E-state index contributed by atoms with van der Waals surface area (Å²) in [6, 6.07) is 21.8. The summed E-state index contributed by atoms with van der Waals surface area (Å²) in [5.74, 6) is 0.0906. The molecule has 1 N–H and O–H groups in total. The van der Waals surface area contributed by atoms with Crippen LogP contribution in [0.15, 0.2) is 60.7 Å². The van der Waals surface area contributed by atoms with Crippen LogP contribution in [0.3, 0.4) is 0 Å². The molecule has 1 fully saturated rings. The number of carbonyl (C=O) groups is 1. The Labute approximate surface area is 180 Å². The first kappa shape index (κ1) is 19.4. The van der Waals surface area contributed by atoms with E-state index < -0.39 is 0 Å². The molecule has 0 aromatic heterocycles. The molecule has 1 saturated carbocycles. The van der Waals surface area contributed by atoms with Gasteiger partial charge in [0.2, 0.25) is 5.91 Å². The first-order valence-corrected chi connectivity index (χ1v) is 10.9. The van der Waals surface area contributed by atoms with Crippen molar-refractivity contribution in [1.82, 2.24) is 4.90 Å². The molecule has 3 aromatic carbocycles. The van der Waals surface area contributed by atoms with Crippen LogP contribution in [-0.2, 0) is 11.3 Å². The van der Waals surface area contributed by atoms with E-state index in [1.54, 1.807) is 0 Å². The van der Waals surface area contributed by atoms with Gasteiger partial charge in [0.05, 0.1) is 0 Å². The molecule has 3 aromatic rings. The van der Waals surface area contributed by atoms with E-state index >= 15 is 0 Å². The maximum atomic E-state index is 12.5. The summed E-state index contributed by atoms with van der Waals surface area (Å²) in [7, 11) is 0. The number of nitrogens with zero attached hydrogens (tertiary/aromatic N) is 1. The Bertz CT molecular complexity index is 992. The highest BCUT2D eigenvalue weighted by molar-refractivity contribution is 14.1. The molecule has 1 aliphatic carbocycles. The minimum Gasteiger partial charge on any atom is -0.326 e. The fourth-order valence-electron chi connectivity index (χ4n) is 3.70. The van der Waals surface area contributed by atoms with Gasteiger partial charge in [0, 0.05) is 34.8 Å². The number of amides is 1. The van der Waals surface area contributed by atoms with Crippen LogP contribution in [0.2, 0.25) is 0 Å². The molecular formula is C24H25IN2O. The van der Waals surface area contributed by atoms with E-state index in [1.807, 2.05) is 19.1 Å². The molecule has 28 heavy (non-hydrogen) atoms. The lowest BCUT2D eigenvalue weighted by atomic mass is 10.0. The molecule has 144 valence electrons. The van der Waals surface area contributed by atoms with Crippen molar-refractivity contribution in [1.29, 1.82) is 0 Å². The third-order valence-corrected chi connectivity index (χ3v) is 6.08. The van der Waals surface area contributed by atoms with Gasteiger partial charge >= 0.3 is 0 Å². The zero-order chi connectivity index (χ0) is 19.5. The summed E-state index contributed by atoms with van der Waals surface area (Å²) in [5, 5.41) is 5.67. The summed E-state index contributed by atoms with van der Waals surface area (Å²) in [5.41, 5.74) is 3.37. The van der Waals surface area contributed by atoms with Gasteiger partial charge in [-0.3, -0.25) is 9.69 Å². The number of aryl methyl sites for hydroxylation is 1. The van der Waals surface area contributed by atoms with Gasteiger partial charge in [-0.2, -0.15) is 0 Å². The molecule has 0 aliphatic heterocycles. The normalized spacial score (nSPS) is 13.8. The second-order valence-corrected chi connectivity index (χ2v) is 8.84. The maximum absolute atomic E-state index is 12.5. The van der Waals surface area contributed by atoms with Gasteiger partial charge in [-0.1, -0.05) is 42.5 Å². The van der Waals surface area contributed by atoms with Crippen LogP contribution < -0.4 is 5.32 Å². The van der Waals surface area contributed by atoms with Crippen LogP contribution in [-0.4, -0.2) is 23.4 Å². The number of benzene rings is 3. The van der Waals surface area contributed by atoms with E-state index in [-0.39, 0.29) is 5.91 Å². The van der Waals surface area contributed by atoms with E-state index in [9.17, 15) is 4.79 Å². The van der Waals surface area contributed by atoms with Crippen LogP contribution in [0.5, 0.6) is 0 Å². The van der Waals surface area contributed by atoms with E-state index in [0.717, 1.165) is 24.3 Å². The van der Waals surface area contributed by atoms with E-state index in [4.69, 9.17) is 0 Å². The minimum atomic E-state index is 0.0906. The lowest BCUT2D eigenvalue weighted by Gasteiger charge is -2.23. The van der Waals surface area contributed by atoms with Crippen LogP contribution >= 0.6 is 22.6 Å². The lowest BCUT2D eigenvalue weighted by molar-refractivity contribution is -0.116. The third-order valence-electron chi connectivity index (χ3n) is 5.41. The van der Waals surface area contributed by atoms with Crippen LogP contribution in [0, 0.1) is 10.5 Å². The standard InChI is InChI=1S/C24H25IN2O/c1-17-15-20(25)9-12-23(17)26-24(28)13-14-27(21-10-11-21)16-19-7-4-6-18-5-2-3-8-22(18)19/h2-9,12,15,21H,10-11,13-14,16H2,1H3,(H,26,28). The number of halogens is 1. The summed E-state index contributed by atoms with van der Waals surface area (Å²) >= 11 is 2.29. The Kier molecular flexibility index (Phi) is 5.97. The van der Waals surface area contributed by atoms with Crippen molar-refractivity contribution in [2.24, 2.45) is 0 Å².